The molecule has 0 aromatic carbocycles. The van der Waals surface area contributed by atoms with Crippen LogP contribution in [0.5, 0.6) is 0 Å². The van der Waals surface area contributed by atoms with E-state index in [4.69, 9.17) is 14.9 Å². The lowest BCUT2D eigenvalue weighted by atomic mass is 9.95. The van der Waals surface area contributed by atoms with Gasteiger partial charge in [0.15, 0.2) is 0 Å². The number of likely N-dealkylation sites (N-methyl/N-ethyl adjacent to an activating group) is 1. The second kappa shape index (κ2) is 9.81. The van der Waals surface area contributed by atoms with E-state index < -0.39 is 5.97 Å². The molecule has 0 radical (unpaired) electrons. The molecule has 3 atom stereocenters. The highest BCUT2D eigenvalue weighted by Gasteiger charge is 2.36. The Morgan fingerprint density at radius 3 is 2.91 bits per heavy atom. The summed E-state index contributed by atoms with van der Waals surface area (Å²) in [5.74, 6) is -0.969. The molecule has 9 heteroatoms. The second-order valence-corrected chi connectivity index (χ2v) is 8.37. The zero-order chi connectivity index (χ0) is 22.7. The minimum absolute atomic E-state index is 0.148. The topological polar surface area (TPSA) is 111 Å². The second-order valence-electron chi connectivity index (χ2n) is 8.37. The normalized spacial score (nSPS) is 26.8. The summed E-state index contributed by atoms with van der Waals surface area (Å²) >= 11 is 0. The number of ether oxygens (including phenoxy) is 2. The van der Waals surface area contributed by atoms with Gasteiger partial charge in [0.25, 0.3) is 0 Å². The minimum atomic E-state index is -0.969. The fraction of sp³-hybridized carbons (Fsp3) is 0.522. The molecule has 3 N–H and O–H groups in total. The zero-order valence-electron chi connectivity index (χ0n) is 18.6. The molecule has 3 aliphatic rings. The van der Waals surface area contributed by atoms with Crippen molar-refractivity contribution >= 4 is 29.1 Å². The Labute approximate surface area is 188 Å². The van der Waals surface area contributed by atoms with Gasteiger partial charge >= 0.3 is 5.97 Å². The summed E-state index contributed by atoms with van der Waals surface area (Å²) in [6.45, 7) is 4.70. The average Bonchev–Trinajstić information content (AvgIpc) is 2.80. The molecule has 0 amide bonds. The van der Waals surface area contributed by atoms with E-state index in [1.807, 2.05) is 13.1 Å². The van der Waals surface area contributed by atoms with Crippen LogP contribution < -0.4 is 10.2 Å². The third-order valence-corrected chi connectivity index (χ3v) is 6.27. The van der Waals surface area contributed by atoms with Gasteiger partial charge in [-0.05, 0) is 44.4 Å². The largest absolute Gasteiger partial charge is 0.478 e. The van der Waals surface area contributed by atoms with Crippen LogP contribution in [0.1, 0.15) is 37.4 Å². The fourth-order valence-corrected chi connectivity index (χ4v) is 4.65. The van der Waals surface area contributed by atoms with Crippen LogP contribution in [-0.2, 0) is 14.3 Å². The standard InChI is InChI=1S/C23H31N5O4/c1-15-14-31-12-10-28(15)20-13-17(23(29)30)16-7-9-25-21(22(16)27(20)2)18(6-8-24)26-19-5-3-4-11-32-19/h6-9,13,15,19-20,24,26H,3-5,10-12,14H2,1-2H3,(H,29,30)/b18-6-,24-8?/t15-,19?,20?/m1/s1. The number of aliphatic carboxylic acids is 1. The molecule has 2 unspecified atom stereocenters. The van der Waals surface area contributed by atoms with Gasteiger partial charge in [-0.1, -0.05) is 0 Å². The number of nitrogens with one attached hydrogen (secondary N) is 2. The number of aromatic nitrogens is 1. The van der Waals surface area contributed by atoms with Crippen molar-refractivity contribution in [2.45, 2.75) is 44.6 Å². The molecule has 0 bridgehead atoms. The van der Waals surface area contributed by atoms with Crippen molar-refractivity contribution in [3.05, 3.63) is 35.7 Å². The van der Waals surface area contributed by atoms with Crippen molar-refractivity contribution in [3.8, 4) is 0 Å². The maximum absolute atomic E-state index is 12.2. The first-order valence-electron chi connectivity index (χ1n) is 11.1. The highest BCUT2D eigenvalue weighted by molar-refractivity contribution is 6.18. The number of fused-ring (bicyclic) bond motifs is 1. The Balaban J connectivity index is 1.77. The first-order valence-corrected chi connectivity index (χ1v) is 11.1. The molecule has 4 rings (SSSR count). The summed E-state index contributed by atoms with van der Waals surface area (Å²) in [5.41, 5.74) is 2.86. The van der Waals surface area contributed by atoms with Crippen LogP contribution in [0.4, 0.5) is 5.69 Å². The fourth-order valence-electron chi connectivity index (χ4n) is 4.65. The van der Waals surface area contributed by atoms with Gasteiger partial charge in [0.1, 0.15) is 18.1 Å². The van der Waals surface area contributed by atoms with Crippen LogP contribution in [0.15, 0.2) is 24.4 Å². The van der Waals surface area contributed by atoms with E-state index in [1.54, 1.807) is 18.3 Å². The smallest absolute Gasteiger partial charge is 0.336 e. The van der Waals surface area contributed by atoms with Gasteiger partial charge in [0.2, 0.25) is 0 Å². The van der Waals surface area contributed by atoms with Crippen molar-refractivity contribution in [1.82, 2.24) is 15.2 Å². The summed E-state index contributed by atoms with van der Waals surface area (Å²) in [6.07, 6.45) is 8.87. The molecular weight excluding hydrogens is 410 g/mol. The molecule has 4 heterocycles. The number of morpholine rings is 1. The van der Waals surface area contributed by atoms with Crippen LogP contribution in [-0.4, -0.2) is 79.0 Å². The molecule has 1 aromatic heterocycles. The van der Waals surface area contributed by atoms with E-state index in [9.17, 15) is 9.90 Å². The van der Waals surface area contributed by atoms with Crippen LogP contribution in [0, 0.1) is 5.41 Å². The molecular formula is C23H31N5O4. The molecule has 0 aliphatic carbocycles. The number of hydrogen-bond acceptors (Lipinski definition) is 8. The zero-order valence-corrected chi connectivity index (χ0v) is 18.6. The van der Waals surface area contributed by atoms with E-state index >= 15 is 0 Å². The minimum Gasteiger partial charge on any atom is -0.478 e. The van der Waals surface area contributed by atoms with Crippen molar-refractivity contribution in [2.24, 2.45) is 0 Å². The number of carboxylic acids is 1. The van der Waals surface area contributed by atoms with E-state index in [0.29, 0.717) is 43.3 Å². The highest BCUT2D eigenvalue weighted by Crippen LogP contribution is 2.39. The van der Waals surface area contributed by atoms with Gasteiger partial charge in [-0.2, -0.15) is 0 Å². The predicted molar refractivity (Wildman–Crippen MR) is 123 cm³/mol. The predicted octanol–water partition coefficient (Wildman–Crippen LogP) is 2.15. The molecule has 2 fully saturated rings. The summed E-state index contributed by atoms with van der Waals surface area (Å²) in [6, 6.07) is 1.89. The number of pyridine rings is 1. The maximum Gasteiger partial charge on any atom is 0.336 e. The van der Waals surface area contributed by atoms with Crippen molar-refractivity contribution in [3.63, 3.8) is 0 Å². The van der Waals surface area contributed by atoms with Crippen molar-refractivity contribution in [2.75, 3.05) is 38.3 Å². The quantitative estimate of drug-likeness (QED) is 0.576. The average molecular weight is 442 g/mol. The van der Waals surface area contributed by atoms with Crippen LogP contribution in [0.2, 0.25) is 0 Å². The lowest BCUT2D eigenvalue weighted by Gasteiger charge is -2.45. The number of nitrogens with zero attached hydrogens (tertiary/aromatic N) is 3. The van der Waals surface area contributed by atoms with Gasteiger partial charge in [0.05, 0.1) is 30.2 Å². The lowest BCUT2D eigenvalue weighted by molar-refractivity contribution is -0.130. The van der Waals surface area contributed by atoms with Gasteiger partial charge in [-0.15, -0.1) is 0 Å². The number of carbonyl (C=O) groups is 1. The number of anilines is 1. The Morgan fingerprint density at radius 1 is 1.38 bits per heavy atom. The third kappa shape index (κ3) is 4.41. The van der Waals surface area contributed by atoms with E-state index in [-0.39, 0.29) is 24.0 Å². The molecule has 3 aliphatic heterocycles. The molecule has 0 saturated carbocycles. The maximum atomic E-state index is 12.2. The van der Waals surface area contributed by atoms with Gasteiger partial charge < -0.3 is 30.2 Å². The first-order chi connectivity index (χ1) is 15.5. The summed E-state index contributed by atoms with van der Waals surface area (Å²) in [7, 11) is 1.96. The van der Waals surface area contributed by atoms with Crippen molar-refractivity contribution < 1.29 is 19.4 Å². The number of allylic oxidation sites excluding steroid dienone is 1. The summed E-state index contributed by atoms with van der Waals surface area (Å²) in [5, 5.41) is 21.1. The Morgan fingerprint density at radius 2 is 2.22 bits per heavy atom. The Kier molecular flexibility index (Phi) is 6.88. The van der Waals surface area contributed by atoms with Gasteiger partial charge in [0, 0.05) is 44.2 Å². The number of hydrogen-bond donors (Lipinski definition) is 3. The number of carboxylic acid groups (broad SMARTS) is 1. The van der Waals surface area contributed by atoms with Crippen molar-refractivity contribution in [1.29, 1.82) is 5.41 Å². The van der Waals surface area contributed by atoms with Gasteiger partial charge in [-0.3, -0.25) is 9.88 Å². The van der Waals surface area contributed by atoms with Gasteiger partial charge in [-0.25, -0.2) is 4.79 Å². The monoisotopic (exact) mass is 441 g/mol. The molecule has 9 nitrogen and oxygen atoms in total. The Hall–Kier alpha value is -2.75. The van der Waals surface area contributed by atoms with Crippen LogP contribution in [0.3, 0.4) is 0 Å². The number of rotatable bonds is 6. The first kappa shape index (κ1) is 22.4. The van der Waals surface area contributed by atoms with E-state index in [2.05, 4.69) is 27.0 Å². The molecule has 172 valence electrons. The molecule has 32 heavy (non-hydrogen) atoms. The molecule has 1 aromatic rings. The molecule has 0 spiro atoms. The Bertz CT molecular complexity index is 925. The summed E-state index contributed by atoms with van der Waals surface area (Å²) < 4.78 is 11.4. The SMILES string of the molecule is C[C@@H]1COCCN1C1C=C(C(=O)O)c2ccnc(/C(=C/C=N)NC3CCCCO3)c2N1C. The van der Waals surface area contributed by atoms with E-state index in [0.717, 1.165) is 24.9 Å². The van der Waals surface area contributed by atoms with Crippen LogP contribution in [0.25, 0.3) is 11.3 Å². The molecule has 2 saturated heterocycles. The highest BCUT2D eigenvalue weighted by atomic mass is 16.5. The van der Waals surface area contributed by atoms with E-state index in [1.165, 1.54) is 6.21 Å². The summed E-state index contributed by atoms with van der Waals surface area (Å²) in [4.78, 5) is 21.2. The lowest BCUT2D eigenvalue weighted by Crippen LogP contribution is -2.56. The van der Waals surface area contributed by atoms with Crippen LogP contribution >= 0.6 is 0 Å². The third-order valence-electron chi connectivity index (χ3n) is 6.27.